The molecular formula is C25H26F8N2O. The van der Waals surface area contributed by atoms with Gasteiger partial charge in [-0.25, -0.2) is 8.78 Å². The van der Waals surface area contributed by atoms with E-state index in [-0.39, 0.29) is 37.6 Å². The Morgan fingerprint density at radius 3 is 1.86 bits per heavy atom. The molecule has 36 heavy (non-hydrogen) atoms. The van der Waals surface area contributed by atoms with Crippen LogP contribution >= 0.6 is 0 Å². The van der Waals surface area contributed by atoms with E-state index in [1.807, 2.05) is 0 Å². The summed E-state index contributed by atoms with van der Waals surface area (Å²) in [6, 6.07) is 5.86. The molecule has 2 N–H and O–H groups in total. The third-order valence-electron chi connectivity index (χ3n) is 6.80. The van der Waals surface area contributed by atoms with E-state index in [1.165, 1.54) is 26.1 Å². The maximum atomic E-state index is 16.5. The lowest BCUT2D eigenvalue weighted by Crippen LogP contribution is -2.49. The van der Waals surface area contributed by atoms with Crippen molar-refractivity contribution >= 4 is 5.91 Å². The summed E-state index contributed by atoms with van der Waals surface area (Å²) in [4.78, 5) is 13.1. The van der Waals surface area contributed by atoms with Gasteiger partial charge in [-0.1, -0.05) is 19.1 Å². The minimum absolute atomic E-state index is 0.00598. The second-order valence-corrected chi connectivity index (χ2v) is 9.08. The Balaban J connectivity index is 2.22. The number of carbonyl (C=O) groups is 1. The molecule has 2 unspecified atom stereocenters. The molecule has 0 aromatic heterocycles. The average Bonchev–Trinajstić information content (AvgIpc) is 2.81. The largest absolute Gasteiger partial charge is 0.416 e. The molecule has 1 aliphatic heterocycles. The predicted molar refractivity (Wildman–Crippen MR) is 118 cm³/mol. The molecule has 198 valence electrons. The van der Waals surface area contributed by atoms with Crippen LogP contribution < -0.4 is 10.6 Å². The van der Waals surface area contributed by atoms with Gasteiger partial charge in [0.15, 0.2) is 0 Å². The van der Waals surface area contributed by atoms with Crippen LogP contribution in [0.3, 0.4) is 0 Å². The van der Waals surface area contributed by atoms with Gasteiger partial charge in [0.25, 0.3) is 0 Å². The smallest absolute Gasteiger partial charge is 0.359 e. The number of nitrogens with one attached hydrogen (secondary N) is 2. The maximum Gasteiger partial charge on any atom is 0.416 e. The highest BCUT2D eigenvalue weighted by atomic mass is 19.4. The zero-order chi connectivity index (χ0) is 26.9. The molecule has 0 radical (unpaired) electrons. The van der Waals surface area contributed by atoms with Crippen molar-refractivity contribution < 1.29 is 39.9 Å². The molecule has 1 fully saturated rings. The van der Waals surface area contributed by atoms with E-state index in [9.17, 15) is 35.5 Å². The minimum Gasteiger partial charge on any atom is -0.359 e. The quantitative estimate of drug-likeness (QED) is 0.444. The normalized spacial score (nSPS) is 18.8. The van der Waals surface area contributed by atoms with Crippen molar-refractivity contribution in [3.05, 3.63) is 70.5 Å². The van der Waals surface area contributed by atoms with Gasteiger partial charge in [0.05, 0.1) is 17.0 Å². The first kappa shape index (κ1) is 27.9. The summed E-state index contributed by atoms with van der Waals surface area (Å²) >= 11 is 0. The fraction of sp³-hybridized carbons (Fsp3) is 0.480. The first-order valence-corrected chi connectivity index (χ1v) is 11.3. The van der Waals surface area contributed by atoms with Crippen molar-refractivity contribution in [3.8, 4) is 0 Å². The van der Waals surface area contributed by atoms with E-state index >= 15 is 4.39 Å². The van der Waals surface area contributed by atoms with Crippen LogP contribution in [-0.4, -0.2) is 31.7 Å². The summed E-state index contributed by atoms with van der Waals surface area (Å²) in [5.74, 6) is -5.29. The third-order valence-corrected chi connectivity index (χ3v) is 6.80. The summed E-state index contributed by atoms with van der Waals surface area (Å²) in [6.45, 7) is 1.81. The molecule has 1 amide bonds. The summed E-state index contributed by atoms with van der Waals surface area (Å²) < 4.78 is 111. The van der Waals surface area contributed by atoms with Gasteiger partial charge in [-0.2, -0.15) is 26.3 Å². The van der Waals surface area contributed by atoms with Crippen LogP contribution in [-0.2, 0) is 17.1 Å². The standard InChI is InChI=1S/C25H26F8N2O/c1-14(16-11-17(24(28,29)30)13-18(12-16)25(31,32)33)20(22(36)34-2)21(15-3-5-19(26)6-4-15)23(27)7-9-35-10-8-23/h3-6,11-14,20-21,35H,7-10H2,1-2H3,(H,34,36)/t14-,20?,21?/m0/s1. The van der Waals surface area contributed by atoms with Crippen molar-refractivity contribution in [1.29, 1.82) is 0 Å². The van der Waals surface area contributed by atoms with E-state index < -0.39 is 64.2 Å². The van der Waals surface area contributed by atoms with Gasteiger partial charge in [-0.3, -0.25) is 4.79 Å². The molecule has 11 heteroatoms. The van der Waals surface area contributed by atoms with Crippen LogP contribution in [0.25, 0.3) is 0 Å². The fourth-order valence-corrected chi connectivity index (χ4v) is 4.93. The first-order chi connectivity index (χ1) is 16.7. The minimum atomic E-state index is -5.08. The highest BCUT2D eigenvalue weighted by Gasteiger charge is 2.49. The highest BCUT2D eigenvalue weighted by molar-refractivity contribution is 5.81. The van der Waals surface area contributed by atoms with Gasteiger partial charge in [0.1, 0.15) is 11.5 Å². The van der Waals surface area contributed by atoms with Crippen LogP contribution in [0.2, 0.25) is 0 Å². The Bertz CT molecular complexity index is 1030. The van der Waals surface area contributed by atoms with Crippen molar-refractivity contribution in [2.75, 3.05) is 20.1 Å². The lowest BCUT2D eigenvalue weighted by atomic mass is 9.65. The van der Waals surface area contributed by atoms with Gasteiger partial charge in [0.2, 0.25) is 5.91 Å². The zero-order valence-corrected chi connectivity index (χ0v) is 19.5. The zero-order valence-electron chi connectivity index (χ0n) is 19.5. The van der Waals surface area contributed by atoms with Gasteiger partial charge >= 0.3 is 12.4 Å². The van der Waals surface area contributed by atoms with Crippen molar-refractivity contribution in [3.63, 3.8) is 0 Å². The van der Waals surface area contributed by atoms with Gasteiger partial charge in [-0.15, -0.1) is 0 Å². The lowest BCUT2D eigenvalue weighted by molar-refractivity contribution is -0.143. The number of hydrogen-bond donors (Lipinski definition) is 2. The third kappa shape index (κ3) is 5.99. The van der Waals surface area contributed by atoms with Crippen molar-refractivity contribution in [1.82, 2.24) is 10.6 Å². The summed E-state index contributed by atoms with van der Waals surface area (Å²) in [6.07, 6.45) is -10.3. The number of alkyl halides is 7. The number of rotatable bonds is 6. The van der Waals surface area contributed by atoms with E-state index in [2.05, 4.69) is 10.6 Å². The number of halogens is 8. The van der Waals surface area contributed by atoms with E-state index in [0.29, 0.717) is 12.1 Å². The van der Waals surface area contributed by atoms with Crippen molar-refractivity contribution in [2.45, 2.75) is 49.6 Å². The van der Waals surface area contributed by atoms with Crippen LogP contribution in [0.4, 0.5) is 35.1 Å². The molecule has 2 aromatic rings. The predicted octanol–water partition coefficient (Wildman–Crippen LogP) is 6.20. The lowest BCUT2D eigenvalue weighted by Gasteiger charge is -2.43. The molecule has 3 nitrogen and oxygen atoms in total. The van der Waals surface area contributed by atoms with Crippen LogP contribution in [0.1, 0.15) is 53.9 Å². The van der Waals surface area contributed by atoms with E-state index in [0.717, 1.165) is 12.1 Å². The topological polar surface area (TPSA) is 41.1 Å². The average molecular weight is 522 g/mol. The summed E-state index contributed by atoms with van der Waals surface area (Å²) in [5.41, 5.74) is -5.25. The Hall–Kier alpha value is -2.69. The molecule has 1 heterocycles. The molecule has 1 aliphatic rings. The molecule has 3 atom stereocenters. The summed E-state index contributed by atoms with van der Waals surface area (Å²) in [5, 5.41) is 5.38. The number of hydrogen-bond acceptors (Lipinski definition) is 2. The van der Waals surface area contributed by atoms with Gasteiger partial charge in [-0.05, 0) is 73.3 Å². The Labute approximate surface area is 203 Å². The Morgan fingerprint density at radius 2 is 1.42 bits per heavy atom. The molecule has 0 saturated carbocycles. The maximum absolute atomic E-state index is 16.5. The second kappa shape index (κ2) is 10.4. The Kier molecular flexibility index (Phi) is 8.02. The molecule has 3 rings (SSSR count). The molecule has 2 aromatic carbocycles. The second-order valence-electron chi connectivity index (χ2n) is 9.08. The van der Waals surface area contributed by atoms with Gasteiger partial charge in [0, 0.05) is 13.0 Å². The van der Waals surface area contributed by atoms with Crippen molar-refractivity contribution in [2.24, 2.45) is 5.92 Å². The molecule has 0 spiro atoms. The molecule has 0 bridgehead atoms. The number of piperidine rings is 1. The SMILES string of the molecule is CNC(=O)C(C(c1ccc(F)cc1)C1(F)CCNCC1)[C@@H](C)c1cc(C(F)(F)F)cc(C(F)(F)F)c1. The van der Waals surface area contributed by atoms with Crippen LogP contribution in [0.5, 0.6) is 0 Å². The van der Waals surface area contributed by atoms with Crippen LogP contribution in [0, 0.1) is 11.7 Å². The Morgan fingerprint density at radius 1 is 0.917 bits per heavy atom. The molecule has 1 saturated heterocycles. The first-order valence-electron chi connectivity index (χ1n) is 11.3. The number of amides is 1. The fourth-order valence-electron chi connectivity index (χ4n) is 4.93. The number of benzene rings is 2. The monoisotopic (exact) mass is 522 g/mol. The van der Waals surface area contributed by atoms with E-state index in [1.54, 1.807) is 0 Å². The number of carbonyl (C=O) groups excluding carboxylic acids is 1. The summed E-state index contributed by atoms with van der Waals surface area (Å²) in [7, 11) is 1.25. The highest BCUT2D eigenvalue weighted by Crippen LogP contribution is 2.49. The molecule has 0 aliphatic carbocycles. The molecular weight excluding hydrogens is 496 g/mol. The van der Waals surface area contributed by atoms with Gasteiger partial charge < -0.3 is 10.6 Å². The van der Waals surface area contributed by atoms with Crippen LogP contribution in [0.15, 0.2) is 42.5 Å². The van der Waals surface area contributed by atoms with E-state index in [4.69, 9.17) is 0 Å².